The Morgan fingerprint density at radius 3 is 2.44 bits per heavy atom. The number of sulfone groups is 1. The number of rotatable bonds is 9. The molecule has 3 N–H and O–H groups in total. The molecule has 1 saturated heterocycles. The van der Waals surface area contributed by atoms with E-state index in [0.717, 1.165) is 6.07 Å². The molecule has 2 aromatic rings. The fourth-order valence-corrected chi connectivity index (χ4v) is 5.91. The van der Waals surface area contributed by atoms with E-state index in [4.69, 9.17) is 22.1 Å². The largest absolute Gasteiger partial charge is 0.573 e. The molecule has 0 aliphatic carbocycles. The summed E-state index contributed by atoms with van der Waals surface area (Å²) in [5.41, 5.74) is 5.36. The minimum atomic E-state index is -5.05. The maximum atomic E-state index is 13.4. The van der Waals surface area contributed by atoms with Crippen LogP contribution < -0.4 is 15.8 Å². The van der Waals surface area contributed by atoms with Gasteiger partial charge in [0.25, 0.3) is 5.91 Å². The molecule has 0 bridgehead atoms. The number of anilines is 1. The first-order valence-electron chi connectivity index (χ1n) is 13.5. The number of benzene rings is 2. The molecule has 1 heterocycles. The van der Waals surface area contributed by atoms with Crippen molar-refractivity contribution < 1.29 is 40.7 Å². The van der Waals surface area contributed by atoms with Gasteiger partial charge < -0.3 is 25.4 Å². The van der Waals surface area contributed by atoms with E-state index < -0.39 is 39.6 Å². The van der Waals surface area contributed by atoms with Crippen molar-refractivity contribution in [3.05, 3.63) is 52.0 Å². The van der Waals surface area contributed by atoms with Gasteiger partial charge in [-0.2, -0.15) is 0 Å². The van der Waals surface area contributed by atoms with E-state index >= 15 is 0 Å². The van der Waals surface area contributed by atoms with Crippen LogP contribution in [0.1, 0.15) is 55.6 Å². The maximum Gasteiger partial charge on any atom is 0.573 e. The third-order valence-electron chi connectivity index (χ3n) is 6.75. The highest BCUT2D eigenvalue weighted by atomic mass is 35.5. The highest BCUT2D eigenvalue weighted by Gasteiger charge is 2.35. The van der Waals surface area contributed by atoms with Crippen LogP contribution >= 0.6 is 11.6 Å². The maximum absolute atomic E-state index is 13.4. The number of amides is 2. The summed E-state index contributed by atoms with van der Waals surface area (Å²) in [5.74, 6) is -1.62. The van der Waals surface area contributed by atoms with Crippen molar-refractivity contribution in [1.29, 1.82) is 0 Å². The molecule has 2 amide bonds. The molecule has 0 radical (unpaired) electrons. The monoisotopic (exact) mass is 648 g/mol. The van der Waals surface area contributed by atoms with E-state index in [1.54, 1.807) is 27.8 Å². The second-order valence-corrected chi connectivity index (χ2v) is 13.9. The van der Waals surface area contributed by atoms with Crippen LogP contribution in [0.25, 0.3) is 0 Å². The second-order valence-electron chi connectivity index (χ2n) is 11.2. The molecule has 10 nitrogen and oxygen atoms in total. The van der Waals surface area contributed by atoms with Crippen LogP contribution in [0, 0.1) is 0 Å². The number of alkyl halides is 3. The molecule has 0 unspecified atom stereocenters. The predicted molar refractivity (Wildman–Crippen MR) is 156 cm³/mol. The van der Waals surface area contributed by atoms with Crippen molar-refractivity contribution in [3.8, 4) is 5.75 Å². The molecular weight excluding hydrogens is 613 g/mol. The first-order chi connectivity index (χ1) is 19.8. The summed E-state index contributed by atoms with van der Waals surface area (Å²) in [7, 11) is -2.04. The lowest BCUT2D eigenvalue weighted by Gasteiger charge is -2.28. The molecule has 43 heavy (non-hydrogen) atoms. The first-order valence-corrected chi connectivity index (χ1v) is 15.5. The minimum absolute atomic E-state index is 0.0108. The number of ether oxygens (including phenoxy) is 2. The quantitative estimate of drug-likeness (QED) is 0.364. The molecule has 1 fully saturated rings. The summed E-state index contributed by atoms with van der Waals surface area (Å²) in [6.45, 7) is 7.31. The SMILES string of the molecule is CCS(=O)(=O)c1ccc(Cl)cc1CNC(=O)c1cc(OC(F)(F)F)c(CN2CC[C@@H](N(C)C(=O)OC(C)(C)C)C2)cc1N. The number of carbonyl (C=O) groups is 2. The van der Waals surface area contributed by atoms with Crippen molar-refractivity contribution in [1.82, 2.24) is 15.1 Å². The van der Waals surface area contributed by atoms with Gasteiger partial charge in [0.15, 0.2) is 9.84 Å². The van der Waals surface area contributed by atoms with Gasteiger partial charge in [0.1, 0.15) is 11.4 Å². The van der Waals surface area contributed by atoms with Gasteiger partial charge in [0.05, 0.1) is 16.2 Å². The Balaban J connectivity index is 1.81. The molecule has 15 heteroatoms. The average Bonchev–Trinajstić information content (AvgIpc) is 3.34. The molecule has 1 aliphatic heterocycles. The van der Waals surface area contributed by atoms with Crippen LogP contribution in [0.5, 0.6) is 5.75 Å². The van der Waals surface area contributed by atoms with Crippen molar-refractivity contribution >= 4 is 39.1 Å². The topological polar surface area (TPSA) is 131 Å². The zero-order chi connectivity index (χ0) is 32.3. The minimum Gasteiger partial charge on any atom is -0.444 e. The number of hydrogen-bond acceptors (Lipinski definition) is 8. The summed E-state index contributed by atoms with van der Waals surface area (Å²) in [5, 5.41) is 2.75. The van der Waals surface area contributed by atoms with Gasteiger partial charge in [-0.25, -0.2) is 13.2 Å². The number of carbonyl (C=O) groups excluding carboxylic acids is 2. The Morgan fingerprint density at radius 1 is 1.16 bits per heavy atom. The van der Waals surface area contributed by atoms with E-state index in [0.29, 0.717) is 19.5 Å². The molecule has 1 aliphatic rings. The van der Waals surface area contributed by atoms with E-state index in [2.05, 4.69) is 10.1 Å². The standard InChI is InChI=1S/C28H36ClF3N4O6S/c1-6-43(39,40)24-8-7-19(29)11-17(24)14-34-25(37)21-13-23(41-28(30,31)32)18(12-22(21)33)15-36-10-9-20(16-36)35(5)26(38)42-27(2,3)4/h7-8,11-13,20H,6,9-10,14-16,33H2,1-5H3,(H,34,37)/t20-/m1/s1. The zero-order valence-electron chi connectivity index (χ0n) is 24.5. The summed E-state index contributed by atoms with van der Waals surface area (Å²) in [4.78, 5) is 28.8. The molecule has 0 spiro atoms. The highest BCUT2D eigenvalue weighted by Crippen LogP contribution is 2.33. The molecule has 2 aromatic carbocycles. The van der Waals surface area contributed by atoms with Crippen molar-refractivity contribution in [2.24, 2.45) is 0 Å². The molecule has 238 valence electrons. The Morgan fingerprint density at radius 2 is 1.84 bits per heavy atom. The van der Waals surface area contributed by atoms with Gasteiger partial charge in [-0.1, -0.05) is 18.5 Å². The number of nitrogen functional groups attached to an aromatic ring is 1. The average molecular weight is 649 g/mol. The molecular formula is C28H36ClF3N4O6S. The van der Waals surface area contributed by atoms with Crippen LogP contribution in [0.3, 0.4) is 0 Å². The van der Waals surface area contributed by atoms with Crippen LogP contribution in [0.15, 0.2) is 35.2 Å². The highest BCUT2D eigenvalue weighted by molar-refractivity contribution is 7.91. The Kier molecular flexibility index (Phi) is 10.5. The van der Waals surface area contributed by atoms with Gasteiger partial charge in [0.2, 0.25) is 0 Å². The predicted octanol–water partition coefficient (Wildman–Crippen LogP) is 4.99. The number of likely N-dealkylation sites (N-methyl/N-ethyl adjacent to an activating group) is 1. The molecule has 0 saturated carbocycles. The number of nitrogens with one attached hydrogen (secondary N) is 1. The number of nitrogens with two attached hydrogens (primary N) is 1. The van der Waals surface area contributed by atoms with Gasteiger partial charge in [-0.05, 0) is 63.1 Å². The van der Waals surface area contributed by atoms with Crippen LogP contribution in [-0.2, 0) is 27.7 Å². The number of nitrogens with zero attached hydrogens (tertiary/aromatic N) is 2. The van der Waals surface area contributed by atoms with Crippen LogP contribution in [-0.4, -0.2) is 74.1 Å². The lowest BCUT2D eigenvalue weighted by molar-refractivity contribution is -0.275. The Labute approximate surface area is 254 Å². The zero-order valence-corrected chi connectivity index (χ0v) is 26.1. The normalized spacial score (nSPS) is 16.2. The lowest BCUT2D eigenvalue weighted by atomic mass is 10.1. The number of hydrogen-bond donors (Lipinski definition) is 2. The number of halogens is 4. The van der Waals surface area contributed by atoms with Gasteiger partial charge in [-0.3, -0.25) is 9.69 Å². The first kappa shape index (κ1) is 34.3. The van der Waals surface area contributed by atoms with Gasteiger partial charge >= 0.3 is 12.5 Å². The number of likely N-dealkylation sites (tertiary alicyclic amines) is 1. The third-order valence-corrected chi connectivity index (χ3v) is 8.81. The lowest BCUT2D eigenvalue weighted by Crippen LogP contribution is -2.42. The van der Waals surface area contributed by atoms with Crippen LogP contribution in [0.2, 0.25) is 5.02 Å². The van der Waals surface area contributed by atoms with E-state index in [9.17, 15) is 31.2 Å². The van der Waals surface area contributed by atoms with Crippen molar-refractivity contribution in [2.75, 3.05) is 31.6 Å². The van der Waals surface area contributed by atoms with Gasteiger partial charge in [-0.15, -0.1) is 13.2 Å². The smallest absolute Gasteiger partial charge is 0.444 e. The Bertz CT molecular complexity index is 1460. The molecule has 3 rings (SSSR count). The summed E-state index contributed by atoms with van der Waals surface area (Å²) < 4.78 is 74.7. The van der Waals surface area contributed by atoms with Crippen LogP contribution in [0.4, 0.5) is 23.7 Å². The van der Waals surface area contributed by atoms with Crippen molar-refractivity contribution in [2.45, 2.75) is 70.1 Å². The third kappa shape index (κ3) is 9.38. The molecule has 0 aromatic heterocycles. The Hall–Kier alpha value is -3.23. The second kappa shape index (κ2) is 13.2. The fraction of sp³-hybridized carbons (Fsp3) is 0.500. The van der Waals surface area contributed by atoms with Gasteiger partial charge in [0, 0.05) is 55.5 Å². The summed E-state index contributed by atoms with van der Waals surface area (Å²) in [6.07, 6.45) is -4.98. The van der Waals surface area contributed by atoms with E-state index in [-0.39, 0.29) is 57.2 Å². The van der Waals surface area contributed by atoms with Crippen molar-refractivity contribution in [3.63, 3.8) is 0 Å². The van der Waals surface area contributed by atoms with E-state index in [1.807, 2.05) is 4.90 Å². The molecule has 1 atom stereocenters. The van der Waals surface area contributed by atoms with E-state index in [1.165, 1.54) is 36.1 Å². The summed E-state index contributed by atoms with van der Waals surface area (Å²) >= 11 is 6.02. The fourth-order valence-electron chi connectivity index (χ4n) is 4.60. The summed E-state index contributed by atoms with van der Waals surface area (Å²) in [6, 6.07) is 6.05.